The van der Waals surface area contributed by atoms with E-state index in [9.17, 15) is 4.79 Å². The molecule has 6 heteroatoms. The van der Waals surface area contributed by atoms with Crippen molar-refractivity contribution in [2.45, 2.75) is 6.54 Å². The van der Waals surface area contributed by atoms with E-state index in [1.165, 1.54) is 0 Å². The van der Waals surface area contributed by atoms with Crippen molar-refractivity contribution in [3.05, 3.63) is 71.2 Å². The summed E-state index contributed by atoms with van der Waals surface area (Å²) >= 11 is 1.62. The Morgan fingerprint density at radius 2 is 1.92 bits per heavy atom. The van der Waals surface area contributed by atoms with Gasteiger partial charge in [0.15, 0.2) is 5.75 Å². The number of amides is 1. The predicted molar refractivity (Wildman–Crippen MR) is 95.4 cm³/mol. The van der Waals surface area contributed by atoms with Gasteiger partial charge in [0.25, 0.3) is 0 Å². The molecular weight excluding hydrogens is 322 g/mol. The first kappa shape index (κ1) is 16.0. The van der Waals surface area contributed by atoms with Crippen LogP contribution in [-0.4, -0.2) is 17.4 Å². The molecule has 3 rings (SSSR count). The van der Waals surface area contributed by atoms with Crippen LogP contribution in [0.25, 0.3) is 0 Å². The highest BCUT2D eigenvalue weighted by Crippen LogP contribution is 2.28. The molecule has 2 heterocycles. The molecule has 0 aliphatic heterocycles. The van der Waals surface area contributed by atoms with E-state index in [1.807, 2.05) is 41.8 Å². The normalized spacial score (nSPS) is 10.2. The Balaban J connectivity index is 1.56. The molecule has 0 spiro atoms. The van der Waals surface area contributed by atoms with Crippen LogP contribution in [0.15, 0.2) is 66.3 Å². The van der Waals surface area contributed by atoms with Gasteiger partial charge in [-0.2, -0.15) is 0 Å². The van der Waals surface area contributed by atoms with Crippen molar-refractivity contribution in [1.29, 1.82) is 0 Å². The number of ether oxygens (including phenoxy) is 1. The second kappa shape index (κ2) is 8.12. The molecule has 0 aliphatic carbocycles. The summed E-state index contributed by atoms with van der Waals surface area (Å²) in [7, 11) is 0. The third kappa shape index (κ3) is 4.57. The molecule has 122 valence electrons. The van der Waals surface area contributed by atoms with Crippen molar-refractivity contribution in [2.75, 3.05) is 11.9 Å². The van der Waals surface area contributed by atoms with Crippen LogP contribution in [0.2, 0.25) is 0 Å². The van der Waals surface area contributed by atoms with E-state index in [2.05, 4.69) is 15.6 Å². The van der Waals surface area contributed by atoms with Gasteiger partial charge in [0.2, 0.25) is 5.91 Å². The molecule has 0 atom stereocenters. The van der Waals surface area contributed by atoms with Gasteiger partial charge in [-0.05, 0) is 35.7 Å². The molecule has 24 heavy (non-hydrogen) atoms. The minimum Gasteiger partial charge on any atom is -0.455 e. The van der Waals surface area contributed by atoms with Crippen LogP contribution in [-0.2, 0) is 11.3 Å². The van der Waals surface area contributed by atoms with E-state index in [-0.39, 0.29) is 12.5 Å². The van der Waals surface area contributed by atoms with E-state index in [1.54, 1.807) is 35.9 Å². The number of thiophene rings is 1. The Morgan fingerprint density at radius 1 is 1.08 bits per heavy atom. The van der Waals surface area contributed by atoms with E-state index < -0.39 is 0 Å². The molecule has 0 saturated heterocycles. The number of nitrogens with one attached hydrogen (secondary N) is 2. The lowest BCUT2D eigenvalue weighted by Crippen LogP contribution is -2.29. The van der Waals surface area contributed by atoms with Crippen LogP contribution in [0, 0.1) is 0 Å². The molecule has 0 fully saturated rings. The van der Waals surface area contributed by atoms with E-state index >= 15 is 0 Å². The van der Waals surface area contributed by atoms with Gasteiger partial charge in [-0.25, -0.2) is 0 Å². The maximum absolute atomic E-state index is 12.0. The Hall–Kier alpha value is -2.86. The third-order valence-electron chi connectivity index (χ3n) is 3.24. The number of pyridine rings is 1. The molecular formula is C18H17N3O2S. The summed E-state index contributed by atoms with van der Waals surface area (Å²) in [4.78, 5) is 17.1. The second-order valence-corrected chi connectivity index (χ2v) is 6.02. The molecule has 5 nitrogen and oxygen atoms in total. The van der Waals surface area contributed by atoms with Gasteiger partial charge in [0, 0.05) is 17.3 Å². The van der Waals surface area contributed by atoms with Gasteiger partial charge in [0.05, 0.1) is 18.8 Å². The molecule has 0 bridgehead atoms. The molecule has 0 radical (unpaired) electrons. The minimum atomic E-state index is -0.0675. The average molecular weight is 339 g/mol. The number of hydrogen-bond donors (Lipinski definition) is 2. The number of hydrogen-bond acceptors (Lipinski definition) is 5. The number of carbonyl (C=O) groups is 1. The fraction of sp³-hybridized carbons (Fsp3) is 0.111. The predicted octanol–water partition coefficient (Wildman–Crippen LogP) is 3.66. The van der Waals surface area contributed by atoms with Crippen molar-refractivity contribution in [3.63, 3.8) is 0 Å². The average Bonchev–Trinajstić information content (AvgIpc) is 3.14. The summed E-state index contributed by atoms with van der Waals surface area (Å²) in [6.45, 7) is 0.732. The zero-order chi connectivity index (χ0) is 16.6. The Labute approximate surface area is 144 Å². The number of rotatable bonds is 7. The van der Waals surface area contributed by atoms with Crippen molar-refractivity contribution < 1.29 is 9.53 Å². The number of nitrogens with zero attached hydrogens (tertiary/aromatic N) is 1. The third-order valence-corrected chi connectivity index (χ3v) is 4.12. The first-order valence-electron chi connectivity index (χ1n) is 7.51. The molecule has 1 amide bonds. The Morgan fingerprint density at radius 3 is 2.71 bits per heavy atom. The molecule has 2 N–H and O–H groups in total. The molecule has 3 aromatic rings. The van der Waals surface area contributed by atoms with Gasteiger partial charge in [0.1, 0.15) is 5.75 Å². The first-order valence-corrected chi connectivity index (χ1v) is 8.39. The summed E-state index contributed by atoms with van der Waals surface area (Å²) in [5, 5.41) is 7.99. The van der Waals surface area contributed by atoms with Crippen LogP contribution in [0.3, 0.4) is 0 Å². The van der Waals surface area contributed by atoms with Gasteiger partial charge in [-0.1, -0.05) is 18.2 Å². The molecule has 0 unspecified atom stereocenters. The Bertz CT molecular complexity index is 776. The van der Waals surface area contributed by atoms with Crippen molar-refractivity contribution in [3.8, 4) is 11.5 Å². The molecule has 1 aromatic carbocycles. The lowest BCUT2D eigenvalue weighted by Gasteiger charge is -2.12. The zero-order valence-corrected chi connectivity index (χ0v) is 13.8. The van der Waals surface area contributed by atoms with Crippen molar-refractivity contribution in [1.82, 2.24) is 10.3 Å². The maximum atomic E-state index is 12.0. The topological polar surface area (TPSA) is 63.2 Å². The highest BCUT2D eigenvalue weighted by molar-refractivity contribution is 7.09. The lowest BCUT2D eigenvalue weighted by molar-refractivity contribution is -0.119. The number of anilines is 1. The van der Waals surface area contributed by atoms with Gasteiger partial charge in [-0.15, -0.1) is 11.3 Å². The highest BCUT2D eigenvalue weighted by Gasteiger charge is 2.07. The summed E-state index contributed by atoms with van der Waals surface area (Å²) in [6.07, 6.45) is 3.34. The van der Waals surface area contributed by atoms with Gasteiger partial charge >= 0.3 is 0 Å². The number of aromatic nitrogens is 1. The van der Waals surface area contributed by atoms with Crippen LogP contribution >= 0.6 is 11.3 Å². The zero-order valence-electron chi connectivity index (χ0n) is 12.9. The number of para-hydroxylation sites is 2. The standard InChI is InChI=1S/C18H17N3O2S/c22-18(21-12-15-4-3-11-24-15)13-20-16-5-1-2-6-17(16)23-14-7-9-19-10-8-14/h1-11,20H,12-13H2,(H,21,22). The molecule has 0 saturated carbocycles. The van der Waals surface area contributed by atoms with Crippen molar-refractivity contribution >= 4 is 22.9 Å². The summed E-state index contributed by atoms with van der Waals surface area (Å²) < 4.78 is 5.83. The van der Waals surface area contributed by atoms with E-state index in [0.717, 1.165) is 10.6 Å². The van der Waals surface area contributed by atoms with Crippen LogP contribution in [0.4, 0.5) is 5.69 Å². The van der Waals surface area contributed by atoms with Gasteiger partial charge < -0.3 is 15.4 Å². The summed E-state index contributed by atoms with van der Waals surface area (Å²) in [5.41, 5.74) is 0.764. The Kier molecular flexibility index (Phi) is 5.42. The fourth-order valence-electron chi connectivity index (χ4n) is 2.07. The van der Waals surface area contributed by atoms with E-state index in [0.29, 0.717) is 18.0 Å². The first-order chi connectivity index (χ1) is 11.8. The second-order valence-electron chi connectivity index (χ2n) is 4.99. The summed E-state index contributed by atoms with van der Waals surface area (Å²) in [6, 6.07) is 15.0. The van der Waals surface area contributed by atoms with Crippen LogP contribution in [0.5, 0.6) is 11.5 Å². The highest BCUT2D eigenvalue weighted by atomic mass is 32.1. The number of carbonyl (C=O) groups excluding carboxylic acids is 1. The summed E-state index contributed by atoms with van der Waals surface area (Å²) in [5.74, 6) is 1.29. The quantitative estimate of drug-likeness (QED) is 0.689. The number of benzene rings is 1. The lowest BCUT2D eigenvalue weighted by atomic mass is 10.3. The molecule has 2 aromatic heterocycles. The largest absolute Gasteiger partial charge is 0.455 e. The van der Waals surface area contributed by atoms with Gasteiger partial charge in [-0.3, -0.25) is 9.78 Å². The fourth-order valence-corrected chi connectivity index (χ4v) is 2.72. The van der Waals surface area contributed by atoms with Crippen molar-refractivity contribution in [2.24, 2.45) is 0 Å². The van der Waals surface area contributed by atoms with E-state index in [4.69, 9.17) is 4.74 Å². The monoisotopic (exact) mass is 339 g/mol. The minimum absolute atomic E-state index is 0.0675. The SMILES string of the molecule is O=C(CNc1ccccc1Oc1ccncc1)NCc1cccs1. The van der Waals surface area contributed by atoms with Crippen LogP contribution < -0.4 is 15.4 Å². The van der Waals surface area contributed by atoms with Crippen LogP contribution in [0.1, 0.15) is 4.88 Å². The smallest absolute Gasteiger partial charge is 0.239 e. The molecule has 0 aliphatic rings. The maximum Gasteiger partial charge on any atom is 0.239 e.